The molecule has 0 spiro atoms. The summed E-state index contributed by atoms with van der Waals surface area (Å²) in [5.74, 6) is -0.363. The number of aromatic nitrogens is 2. The second kappa shape index (κ2) is 5.12. The lowest BCUT2D eigenvalue weighted by Gasteiger charge is -2.36. The second-order valence-corrected chi connectivity index (χ2v) is 5.65. The molecule has 1 amide bonds. The Morgan fingerprint density at radius 2 is 2.05 bits per heavy atom. The van der Waals surface area contributed by atoms with Gasteiger partial charge in [0.25, 0.3) is 5.91 Å². The summed E-state index contributed by atoms with van der Waals surface area (Å²) in [6.45, 7) is -2.71. The number of alkyl halides is 2. The minimum absolute atomic E-state index is 0.0524. The van der Waals surface area contributed by atoms with E-state index in [9.17, 15) is 13.6 Å². The molecule has 20 heavy (non-hydrogen) atoms. The van der Waals surface area contributed by atoms with Crippen molar-refractivity contribution in [2.45, 2.75) is 50.4 Å². The predicted octanol–water partition coefficient (Wildman–Crippen LogP) is 1.63. The number of amides is 1. The molecular weight excluding hydrogens is 266 g/mol. The third-order valence-electron chi connectivity index (χ3n) is 4.47. The molecule has 2 fully saturated rings. The van der Waals surface area contributed by atoms with Gasteiger partial charge in [-0.3, -0.25) is 4.79 Å². The van der Waals surface area contributed by atoms with E-state index in [1.165, 1.54) is 18.9 Å². The number of rotatable bonds is 3. The quantitative estimate of drug-likeness (QED) is 0.918. The molecule has 5 nitrogen and oxygen atoms in total. The van der Waals surface area contributed by atoms with Crippen molar-refractivity contribution >= 4 is 5.91 Å². The zero-order chi connectivity index (χ0) is 14.3. The molecule has 110 valence electrons. The van der Waals surface area contributed by atoms with Crippen LogP contribution in [0.5, 0.6) is 0 Å². The van der Waals surface area contributed by atoms with Crippen LogP contribution in [-0.4, -0.2) is 45.8 Å². The van der Waals surface area contributed by atoms with Crippen LogP contribution in [0.4, 0.5) is 8.78 Å². The van der Waals surface area contributed by atoms with Gasteiger partial charge in [0.15, 0.2) is 0 Å². The zero-order valence-corrected chi connectivity index (χ0v) is 11.3. The van der Waals surface area contributed by atoms with E-state index in [2.05, 4.69) is 22.4 Å². The molecule has 0 unspecified atom stereocenters. The van der Waals surface area contributed by atoms with Crippen molar-refractivity contribution in [2.24, 2.45) is 0 Å². The first kappa shape index (κ1) is 13.5. The third-order valence-corrected chi connectivity index (χ3v) is 4.47. The van der Waals surface area contributed by atoms with E-state index < -0.39 is 6.55 Å². The molecule has 7 heteroatoms. The van der Waals surface area contributed by atoms with Crippen LogP contribution in [-0.2, 0) is 0 Å². The lowest BCUT2D eigenvalue weighted by atomic mass is 9.98. The van der Waals surface area contributed by atoms with Gasteiger partial charge in [-0.1, -0.05) is 0 Å². The maximum atomic E-state index is 12.4. The average Bonchev–Trinajstić information content (AvgIpc) is 2.95. The first-order valence-electron chi connectivity index (χ1n) is 6.90. The predicted molar refractivity (Wildman–Crippen MR) is 68.5 cm³/mol. The van der Waals surface area contributed by atoms with E-state index in [4.69, 9.17) is 0 Å². The molecule has 2 atom stereocenters. The molecule has 0 saturated carbocycles. The van der Waals surface area contributed by atoms with Crippen molar-refractivity contribution in [3.05, 3.63) is 18.0 Å². The minimum Gasteiger partial charge on any atom is -0.348 e. The summed E-state index contributed by atoms with van der Waals surface area (Å²) >= 11 is 0. The lowest BCUT2D eigenvalue weighted by molar-refractivity contribution is 0.0558. The normalized spacial score (nSPS) is 29.9. The fraction of sp³-hybridized carbons (Fsp3) is 0.692. The molecule has 0 aliphatic carbocycles. The highest BCUT2D eigenvalue weighted by atomic mass is 19.3. The van der Waals surface area contributed by atoms with Crippen LogP contribution in [0, 0.1) is 0 Å². The van der Waals surface area contributed by atoms with Gasteiger partial charge >= 0.3 is 6.55 Å². The van der Waals surface area contributed by atoms with Gasteiger partial charge in [0.1, 0.15) is 5.69 Å². The molecule has 1 aromatic heterocycles. The maximum Gasteiger partial charge on any atom is 0.333 e. The van der Waals surface area contributed by atoms with Gasteiger partial charge in [-0.25, -0.2) is 4.68 Å². The molecule has 2 bridgehead atoms. The number of hydrogen-bond donors (Lipinski definition) is 1. The number of halogens is 2. The molecule has 3 rings (SSSR count). The van der Waals surface area contributed by atoms with Crippen molar-refractivity contribution in [1.29, 1.82) is 0 Å². The summed E-state index contributed by atoms with van der Waals surface area (Å²) in [6, 6.07) is 2.49. The van der Waals surface area contributed by atoms with Crippen LogP contribution in [0.15, 0.2) is 12.3 Å². The Kier molecular flexibility index (Phi) is 3.45. The number of carbonyl (C=O) groups excluding carboxylic acids is 1. The molecule has 0 aromatic carbocycles. The molecule has 3 heterocycles. The number of carbonyl (C=O) groups is 1. The molecule has 2 aliphatic rings. The first-order valence-corrected chi connectivity index (χ1v) is 6.90. The largest absolute Gasteiger partial charge is 0.348 e. The monoisotopic (exact) mass is 284 g/mol. The maximum absolute atomic E-state index is 12.4. The van der Waals surface area contributed by atoms with Gasteiger partial charge < -0.3 is 10.2 Å². The highest BCUT2D eigenvalue weighted by molar-refractivity contribution is 5.92. The van der Waals surface area contributed by atoms with Gasteiger partial charge in [0.05, 0.1) is 0 Å². The molecule has 1 aromatic rings. The molecule has 2 aliphatic heterocycles. The summed E-state index contributed by atoms with van der Waals surface area (Å²) in [6.07, 6.45) is 5.32. The van der Waals surface area contributed by atoms with Gasteiger partial charge in [0, 0.05) is 24.3 Å². The van der Waals surface area contributed by atoms with E-state index in [1.807, 2.05) is 0 Å². The Balaban J connectivity index is 1.61. The van der Waals surface area contributed by atoms with Gasteiger partial charge in [0.2, 0.25) is 0 Å². The molecule has 2 saturated heterocycles. The van der Waals surface area contributed by atoms with Crippen molar-refractivity contribution in [3.8, 4) is 0 Å². The number of piperidine rings is 1. The van der Waals surface area contributed by atoms with Crippen LogP contribution < -0.4 is 5.32 Å². The molecular formula is C13H18F2N4O. The van der Waals surface area contributed by atoms with Crippen LogP contribution in [0.3, 0.4) is 0 Å². The highest BCUT2D eigenvalue weighted by Crippen LogP contribution is 2.34. The van der Waals surface area contributed by atoms with Gasteiger partial charge in [-0.15, -0.1) is 0 Å². The Labute approximate surface area is 115 Å². The van der Waals surface area contributed by atoms with Gasteiger partial charge in [-0.05, 0) is 38.8 Å². The first-order chi connectivity index (χ1) is 9.54. The third kappa shape index (κ3) is 2.42. The van der Waals surface area contributed by atoms with Crippen LogP contribution in [0.1, 0.15) is 42.7 Å². The number of hydrogen-bond acceptors (Lipinski definition) is 3. The van der Waals surface area contributed by atoms with Crippen molar-refractivity contribution < 1.29 is 13.6 Å². The topological polar surface area (TPSA) is 50.2 Å². The fourth-order valence-electron chi connectivity index (χ4n) is 3.36. The summed E-state index contributed by atoms with van der Waals surface area (Å²) in [5, 5.41) is 6.51. The standard InChI is InChI=1S/C13H18F2N4O/c1-18-9-2-3-10(18)7-8(6-9)16-12(20)11-4-5-19(17-11)13(14)15/h4-5,8-10,13H,2-3,6-7H2,1H3,(H,16,20)/t9-,10-/m0/s1. The van der Waals surface area contributed by atoms with Crippen LogP contribution in [0.2, 0.25) is 0 Å². The Morgan fingerprint density at radius 3 is 2.60 bits per heavy atom. The summed E-state index contributed by atoms with van der Waals surface area (Å²) in [4.78, 5) is 14.4. The highest BCUT2D eigenvalue weighted by Gasteiger charge is 2.38. The van der Waals surface area contributed by atoms with E-state index >= 15 is 0 Å². The summed E-state index contributed by atoms with van der Waals surface area (Å²) in [5.41, 5.74) is 0.0524. The Bertz CT molecular complexity index is 490. The number of fused-ring (bicyclic) bond motifs is 2. The van der Waals surface area contributed by atoms with Crippen LogP contribution >= 0.6 is 0 Å². The van der Waals surface area contributed by atoms with E-state index in [1.54, 1.807) is 0 Å². The van der Waals surface area contributed by atoms with Crippen molar-refractivity contribution in [3.63, 3.8) is 0 Å². The SMILES string of the molecule is CN1[C@H]2CC[C@H]1CC(NC(=O)c1ccn(C(F)F)n1)C2. The Morgan fingerprint density at radius 1 is 1.40 bits per heavy atom. The van der Waals surface area contributed by atoms with Crippen LogP contribution in [0.25, 0.3) is 0 Å². The molecule has 0 radical (unpaired) electrons. The van der Waals surface area contributed by atoms with E-state index in [0.717, 1.165) is 19.0 Å². The summed E-state index contributed by atoms with van der Waals surface area (Å²) in [7, 11) is 2.13. The minimum atomic E-state index is -2.71. The van der Waals surface area contributed by atoms with Gasteiger partial charge in [-0.2, -0.15) is 13.9 Å². The lowest BCUT2D eigenvalue weighted by Crippen LogP contribution is -2.48. The average molecular weight is 284 g/mol. The molecule has 1 N–H and O–H groups in total. The van der Waals surface area contributed by atoms with Crippen molar-refractivity contribution in [1.82, 2.24) is 20.0 Å². The van der Waals surface area contributed by atoms with E-state index in [0.29, 0.717) is 16.8 Å². The smallest absolute Gasteiger partial charge is 0.333 e. The number of nitrogens with one attached hydrogen (secondary N) is 1. The Hall–Kier alpha value is -1.50. The zero-order valence-electron chi connectivity index (χ0n) is 11.3. The second-order valence-electron chi connectivity index (χ2n) is 5.65. The van der Waals surface area contributed by atoms with Crippen molar-refractivity contribution in [2.75, 3.05) is 7.05 Å². The fourth-order valence-corrected chi connectivity index (χ4v) is 3.36. The van der Waals surface area contributed by atoms with E-state index in [-0.39, 0.29) is 17.6 Å². The number of nitrogens with zero attached hydrogens (tertiary/aromatic N) is 3. The summed E-state index contributed by atoms with van der Waals surface area (Å²) < 4.78 is 25.3.